The van der Waals surface area contributed by atoms with Crippen molar-refractivity contribution in [2.75, 3.05) is 7.11 Å². The zero-order valence-corrected chi connectivity index (χ0v) is 27.3. The highest BCUT2D eigenvalue weighted by Crippen LogP contribution is 2.70. The number of aliphatic hydroxyl groups excluding tert-OH is 1. The van der Waals surface area contributed by atoms with Crippen LogP contribution >= 0.6 is 0 Å². The number of unbranched alkanes of at least 4 members (excludes halogenated alkanes) is 1. The predicted molar refractivity (Wildman–Crippen MR) is 158 cm³/mol. The van der Waals surface area contributed by atoms with Crippen molar-refractivity contribution < 1.29 is 62.6 Å². The molecule has 2 bridgehead atoms. The fraction of sp³-hybridized carbons (Fsp3) is 0.667. The Kier molecular flexibility index (Phi) is 9.92. The number of carbonyl (C=O) groups is 5. The van der Waals surface area contributed by atoms with Crippen LogP contribution in [-0.2, 0) is 47.6 Å². The molecule has 3 fully saturated rings. The lowest BCUT2D eigenvalue weighted by atomic mass is 9.44. The van der Waals surface area contributed by atoms with Crippen LogP contribution in [0.25, 0.3) is 0 Å². The van der Waals surface area contributed by atoms with Crippen molar-refractivity contribution in [1.82, 2.24) is 0 Å². The van der Waals surface area contributed by atoms with E-state index in [-0.39, 0.29) is 37.7 Å². The summed E-state index contributed by atoms with van der Waals surface area (Å²) in [6.45, 7) is 8.20. The molecule has 3 aliphatic rings. The zero-order chi connectivity index (χ0) is 34.2. The molecule has 2 aliphatic carbocycles. The van der Waals surface area contributed by atoms with E-state index in [2.05, 4.69) is 0 Å². The lowest BCUT2D eigenvalue weighted by molar-refractivity contribution is -0.358. The van der Waals surface area contributed by atoms with Gasteiger partial charge in [-0.1, -0.05) is 24.6 Å². The molecule has 1 aliphatic heterocycles. The van der Waals surface area contributed by atoms with E-state index in [1.54, 1.807) is 32.0 Å². The molecule has 4 rings (SSSR count). The first-order chi connectivity index (χ1) is 21.4. The van der Waals surface area contributed by atoms with Crippen LogP contribution in [0.5, 0.6) is 0 Å². The summed E-state index contributed by atoms with van der Waals surface area (Å²) in [7, 11) is 1.25. The minimum atomic E-state index is -2.03. The summed E-state index contributed by atoms with van der Waals surface area (Å²) in [4.78, 5) is 63.9. The van der Waals surface area contributed by atoms with Crippen molar-refractivity contribution in [3.63, 3.8) is 0 Å². The Morgan fingerprint density at radius 3 is 2.04 bits per heavy atom. The molecule has 9 atom stereocenters. The number of hydrogen-bond donors (Lipinski definition) is 2. The Hall–Kier alpha value is -3.55. The first-order valence-corrected chi connectivity index (χ1v) is 15.4. The average Bonchev–Trinajstić information content (AvgIpc) is 3.14. The van der Waals surface area contributed by atoms with E-state index in [1.807, 2.05) is 0 Å². The number of carbonyl (C=O) groups excluding carboxylic acids is 5. The molecule has 2 N–H and O–H groups in total. The number of rotatable bonds is 10. The fourth-order valence-corrected chi connectivity index (χ4v) is 8.29. The standard InChI is InChI=1S/C33H44O13/c1-18(34)42-22-17-31(6,40)33-26(38)24(30(4,5)46-33)25(43-19(2)35)28(45-29(39)21-13-9-8-10-14-21)32(33,27(22)44-20(3)36)16-12-11-15-23(37)41-7/h8-10,13-14,22,24-28,38,40H,11-12,15-17H2,1-7H3/t22-,24+,25-,26+,27-,28+,31-,32-,33-/m0/s1. The van der Waals surface area contributed by atoms with E-state index < -0.39 is 88.5 Å². The maximum absolute atomic E-state index is 13.9. The van der Waals surface area contributed by atoms with Crippen molar-refractivity contribution in [2.24, 2.45) is 11.3 Å². The highest BCUT2D eigenvalue weighted by atomic mass is 16.6. The Labute approximate surface area is 267 Å². The van der Waals surface area contributed by atoms with Crippen LogP contribution < -0.4 is 0 Å². The van der Waals surface area contributed by atoms with Crippen molar-refractivity contribution in [1.29, 1.82) is 0 Å². The van der Waals surface area contributed by atoms with E-state index in [1.165, 1.54) is 33.1 Å². The van der Waals surface area contributed by atoms with Gasteiger partial charge in [-0.05, 0) is 45.7 Å². The second-order valence-electron chi connectivity index (χ2n) is 13.2. The number of fused-ring (bicyclic) bond motifs is 1. The van der Waals surface area contributed by atoms with Crippen LogP contribution in [0.1, 0.15) is 84.0 Å². The minimum Gasteiger partial charge on any atom is -0.469 e. The van der Waals surface area contributed by atoms with Crippen LogP contribution in [0.3, 0.4) is 0 Å². The molecule has 2 saturated carbocycles. The molecule has 1 spiro atoms. The molecule has 0 amide bonds. The minimum absolute atomic E-state index is 0.000945. The first-order valence-electron chi connectivity index (χ1n) is 15.4. The van der Waals surface area contributed by atoms with Crippen molar-refractivity contribution in [2.45, 2.75) is 121 Å². The Balaban J connectivity index is 2.06. The van der Waals surface area contributed by atoms with E-state index in [9.17, 15) is 34.2 Å². The summed E-state index contributed by atoms with van der Waals surface area (Å²) < 4.78 is 35.4. The largest absolute Gasteiger partial charge is 0.469 e. The van der Waals surface area contributed by atoms with Gasteiger partial charge in [0.1, 0.15) is 17.8 Å². The molecular weight excluding hydrogens is 604 g/mol. The summed E-state index contributed by atoms with van der Waals surface area (Å²) >= 11 is 0. The van der Waals surface area contributed by atoms with E-state index in [0.717, 1.165) is 13.8 Å². The van der Waals surface area contributed by atoms with Gasteiger partial charge in [-0.3, -0.25) is 19.2 Å². The highest BCUT2D eigenvalue weighted by Gasteiger charge is 2.87. The van der Waals surface area contributed by atoms with Gasteiger partial charge >= 0.3 is 29.8 Å². The fourth-order valence-electron chi connectivity index (χ4n) is 8.29. The molecule has 1 heterocycles. The Bertz CT molecular complexity index is 1340. The molecule has 254 valence electrons. The van der Waals surface area contributed by atoms with Crippen molar-refractivity contribution in [3.8, 4) is 0 Å². The molecule has 0 radical (unpaired) electrons. The van der Waals surface area contributed by atoms with E-state index in [4.69, 9.17) is 28.4 Å². The van der Waals surface area contributed by atoms with Crippen LogP contribution in [0, 0.1) is 11.3 Å². The molecule has 1 aromatic rings. The quantitative estimate of drug-likeness (QED) is 0.215. The highest BCUT2D eigenvalue weighted by molar-refractivity contribution is 5.89. The number of hydrogen-bond acceptors (Lipinski definition) is 13. The van der Waals surface area contributed by atoms with Gasteiger partial charge in [0.2, 0.25) is 0 Å². The smallest absolute Gasteiger partial charge is 0.338 e. The van der Waals surface area contributed by atoms with Gasteiger partial charge < -0.3 is 38.6 Å². The molecular formula is C33H44O13. The van der Waals surface area contributed by atoms with Gasteiger partial charge in [0.25, 0.3) is 0 Å². The zero-order valence-electron chi connectivity index (χ0n) is 27.3. The van der Waals surface area contributed by atoms with Crippen LogP contribution in [0.2, 0.25) is 0 Å². The molecule has 46 heavy (non-hydrogen) atoms. The molecule has 0 aromatic heterocycles. The third-order valence-electron chi connectivity index (χ3n) is 9.68. The number of esters is 5. The maximum Gasteiger partial charge on any atom is 0.338 e. The summed E-state index contributed by atoms with van der Waals surface area (Å²) in [5.74, 6) is -4.63. The summed E-state index contributed by atoms with van der Waals surface area (Å²) in [6, 6.07) is 8.03. The lowest BCUT2D eigenvalue weighted by Gasteiger charge is -2.67. The second kappa shape index (κ2) is 12.9. The number of ether oxygens (including phenoxy) is 6. The average molecular weight is 649 g/mol. The summed E-state index contributed by atoms with van der Waals surface area (Å²) in [5, 5.41) is 24.8. The first kappa shape index (κ1) is 35.3. The van der Waals surface area contributed by atoms with Crippen molar-refractivity contribution >= 4 is 29.8 Å². The number of benzene rings is 1. The molecule has 1 aromatic carbocycles. The maximum atomic E-state index is 13.9. The normalized spacial score (nSPS) is 35.7. The van der Waals surface area contributed by atoms with Gasteiger partial charge in [0.05, 0.1) is 41.3 Å². The molecule has 1 saturated heterocycles. The van der Waals surface area contributed by atoms with Crippen LogP contribution in [-0.4, -0.2) is 94.5 Å². The van der Waals surface area contributed by atoms with Crippen LogP contribution in [0.4, 0.5) is 0 Å². The lowest BCUT2D eigenvalue weighted by Crippen LogP contribution is -2.84. The van der Waals surface area contributed by atoms with Crippen LogP contribution in [0.15, 0.2) is 30.3 Å². The number of methoxy groups -OCH3 is 1. The second-order valence-corrected chi connectivity index (χ2v) is 13.2. The molecule has 0 unspecified atom stereocenters. The summed E-state index contributed by atoms with van der Waals surface area (Å²) in [6.07, 6.45) is -7.29. The van der Waals surface area contributed by atoms with Gasteiger partial charge in [0.15, 0.2) is 12.2 Å². The van der Waals surface area contributed by atoms with E-state index in [0.29, 0.717) is 0 Å². The molecule has 13 nitrogen and oxygen atoms in total. The monoisotopic (exact) mass is 648 g/mol. The summed E-state index contributed by atoms with van der Waals surface area (Å²) in [5.41, 5.74) is -7.10. The van der Waals surface area contributed by atoms with E-state index >= 15 is 0 Å². The van der Waals surface area contributed by atoms with Gasteiger partial charge in [0, 0.05) is 33.6 Å². The van der Waals surface area contributed by atoms with Gasteiger partial charge in [-0.2, -0.15) is 0 Å². The SMILES string of the molecule is COC(=O)CCCC[C@]12[C@H](OC(=O)c3ccccc3)[C@@H](OC(C)=O)[C@@H]3[C@@H](O)[C@]1(OC3(C)C)[C@@](C)(O)C[C@H](OC(C)=O)[C@@H]2OC(C)=O. The van der Waals surface area contributed by atoms with Gasteiger partial charge in [-0.15, -0.1) is 0 Å². The Morgan fingerprint density at radius 2 is 1.48 bits per heavy atom. The number of aliphatic hydroxyl groups is 2. The van der Waals surface area contributed by atoms with Crippen molar-refractivity contribution in [3.05, 3.63) is 35.9 Å². The Morgan fingerprint density at radius 1 is 0.870 bits per heavy atom. The molecule has 13 heteroatoms. The topological polar surface area (TPSA) is 181 Å². The third-order valence-corrected chi connectivity index (χ3v) is 9.68. The predicted octanol–water partition coefficient (Wildman–Crippen LogP) is 2.42. The van der Waals surface area contributed by atoms with Gasteiger partial charge in [-0.25, -0.2) is 4.79 Å². The third kappa shape index (κ3) is 5.88.